The molecule has 0 aliphatic carbocycles. The Kier molecular flexibility index (Phi) is 5.92. The van der Waals surface area contributed by atoms with Gasteiger partial charge in [-0.3, -0.25) is 0 Å². The van der Waals surface area contributed by atoms with Crippen LogP contribution < -0.4 is 10.1 Å². The molecule has 0 aliphatic heterocycles. The van der Waals surface area contributed by atoms with Gasteiger partial charge in [-0.25, -0.2) is 4.79 Å². The first-order chi connectivity index (χ1) is 9.40. The summed E-state index contributed by atoms with van der Waals surface area (Å²) in [6.45, 7) is 5.95. The molecular weight excluding hydrogens is 254 g/mol. The van der Waals surface area contributed by atoms with E-state index in [9.17, 15) is 4.79 Å². The van der Waals surface area contributed by atoms with Crippen LogP contribution in [0.2, 0.25) is 0 Å². The number of rotatable bonds is 3. The Morgan fingerprint density at radius 2 is 2.10 bits per heavy atom. The number of hydrogen-bond acceptors (Lipinski definition) is 3. The van der Waals surface area contributed by atoms with E-state index in [0.717, 1.165) is 11.3 Å². The average Bonchev–Trinajstić information content (AvgIpc) is 2.36. The van der Waals surface area contributed by atoms with E-state index in [1.807, 2.05) is 45.0 Å². The van der Waals surface area contributed by atoms with E-state index in [0.29, 0.717) is 13.0 Å². The molecule has 0 spiro atoms. The minimum Gasteiger partial charge on any atom is -0.497 e. The molecule has 1 N–H and O–H groups in total. The zero-order chi connectivity index (χ0) is 15.0. The van der Waals surface area contributed by atoms with Crippen molar-refractivity contribution in [1.82, 2.24) is 5.32 Å². The number of benzene rings is 1. The van der Waals surface area contributed by atoms with Crippen LogP contribution in [0.25, 0.3) is 0 Å². The third-order valence-electron chi connectivity index (χ3n) is 2.22. The van der Waals surface area contributed by atoms with Gasteiger partial charge in [-0.15, -0.1) is 0 Å². The van der Waals surface area contributed by atoms with Gasteiger partial charge in [-0.05, 0) is 39.0 Å². The standard InChI is InChI=1S/C16H21NO3/c1-16(2,3)20-15(18)17-11-6-5-8-13-9-7-10-14(12-13)19-4/h7,9-10,12H,6,11H2,1-4H3,(H,17,18). The zero-order valence-electron chi connectivity index (χ0n) is 12.4. The number of alkyl carbamates (subject to hydrolysis) is 1. The van der Waals surface area contributed by atoms with Gasteiger partial charge in [-0.2, -0.15) is 0 Å². The van der Waals surface area contributed by atoms with Gasteiger partial charge in [0.15, 0.2) is 0 Å². The molecule has 0 radical (unpaired) electrons. The lowest BCUT2D eigenvalue weighted by Gasteiger charge is -2.19. The van der Waals surface area contributed by atoms with E-state index in [-0.39, 0.29) is 0 Å². The monoisotopic (exact) mass is 275 g/mol. The summed E-state index contributed by atoms with van der Waals surface area (Å²) in [5.41, 5.74) is 0.415. The number of nitrogens with one attached hydrogen (secondary N) is 1. The van der Waals surface area contributed by atoms with Gasteiger partial charge in [-0.1, -0.05) is 17.9 Å². The van der Waals surface area contributed by atoms with Crippen molar-refractivity contribution in [2.75, 3.05) is 13.7 Å². The van der Waals surface area contributed by atoms with Crippen molar-refractivity contribution in [3.05, 3.63) is 29.8 Å². The van der Waals surface area contributed by atoms with Gasteiger partial charge in [0.05, 0.1) is 7.11 Å². The Morgan fingerprint density at radius 3 is 2.75 bits per heavy atom. The molecule has 1 aromatic carbocycles. The molecule has 0 aromatic heterocycles. The largest absolute Gasteiger partial charge is 0.497 e. The summed E-state index contributed by atoms with van der Waals surface area (Å²) in [4.78, 5) is 11.4. The van der Waals surface area contributed by atoms with Gasteiger partial charge < -0.3 is 14.8 Å². The average molecular weight is 275 g/mol. The Morgan fingerprint density at radius 1 is 1.35 bits per heavy atom. The van der Waals surface area contributed by atoms with Crippen molar-refractivity contribution in [2.45, 2.75) is 32.8 Å². The second-order valence-electron chi connectivity index (χ2n) is 5.21. The highest BCUT2D eigenvalue weighted by Gasteiger charge is 2.15. The topological polar surface area (TPSA) is 47.6 Å². The smallest absolute Gasteiger partial charge is 0.407 e. The van der Waals surface area contributed by atoms with Crippen molar-refractivity contribution in [3.8, 4) is 17.6 Å². The van der Waals surface area contributed by atoms with E-state index in [2.05, 4.69) is 17.2 Å². The normalized spacial score (nSPS) is 10.2. The predicted octanol–water partition coefficient (Wildman–Crippen LogP) is 2.96. The molecule has 4 heteroatoms. The van der Waals surface area contributed by atoms with Crippen LogP contribution in [-0.2, 0) is 4.74 Å². The predicted molar refractivity (Wildman–Crippen MR) is 78.7 cm³/mol. The Balaban J connectivity index is 2.34. The maximum Gasteiger partial charge on any atom is 0.407 e. The zero-order valence-corrected chi connectivity index (χ0v) is 12.4. The second kappa shape index (κ2) is 7.44. The molecule has 0 saturated carbocycles. The van der Waals surface area contributed by atoms with Crippen molar-refractivity contribution in [1.29, 1.82) is 0 Å². The van der Waals surface area contributed by atoms with Crippen molar-refractivity contribution >= 4 is 6.09 Å². The van der Waals surface area contributed by atoms with E-state index >= 15 is 0 Å². The van der Waals surface area contributed by atoms with Crippen molar-refractivity contribution in [3.63, 3.8) is 0 Å². The van der Waals surface area contributed by atoms with Crippen LogP contribution in [0.4, 0.5) is 4.79 Å². The summed E-state index contributed by atoms with van der Waals surface area (Å²) < 4.78 is 10.2. The highest BCUT2D eigenvalue weighted by Crippen LogP contribution is 2.11. The van der Waals surface area contributed by atoms with E-state index in [4.69, 9.17) is 9.47 Å². The molecule has 0 aliphatic rings. The van der Waals surface area contributed by atoms with Gasteiger partial charge in [0.2, 0.25) is 0 Å². The molecule has 0 bridgehead atoms. The van der Waals surface area contributed by atoms with Crippen LogP contribution in [0, 0.1) is 11.8 Å². The number of carbonyl (C=O) groups excluding carboxylic acids is 1. The number of carbonyl (C=O) groups is 1. The highest BCUT2D eigenvalue weighted by molar-refractivity contribution is 5.67. The fraction of sp³-hybridized carbons (Fsp3) is 0.438. The first-order valence-electron chi connectivity index (χ1n) is 6.50. The number of ether oxygens (including phenoxy) is 2. The van der Waals surface area contributed by atoms with Crippen LogP contribution in [0.3, 0.4) is 0 Å². The summed E-state index contributed by atoms with van der Waals surface area (Å²) in [7, 11) is 1.62. The maximum absolute atomic E-state index is 11.4. The van der Waals surface area contributed by atoms with Crippen molar-refractivity contribution < 1.29 is 14.3 Å². The lowest BCUT2D eigenvalue weighted by atomic mass is 10.2. The molecule has 0 fully saturated rings. The number of methoxy groups -OCH3 is 1. The van der Waals surface area contributed by atoms with Crippen LogP contribution >= 0.6 is 0 Å². The van der Waals surface area contributed by atoms with Crippen LogP contribution in [0.15, 0.2) is 24.3 Å². The molecule has 0 saturated heterocycles. The van der Waals surface area contributed by atoms with Gasteiger partial charge in [0, 0.05) is 18.5 Å². The lowest BCUT2D eigenvalue weighted by molar-refractivity contribution is 0.0529. The first kappa shape index (κ1) is 15.9. The molecule has 1 amide bonds. The summed E-state index contributed by atoms with van der Waals surface area (Å²) >= 11 is 0. The van der Waals surface area contributed by atoms with E-state index in [1.165, 1.54) is 0 Å². The quantitative estimate of drug-likeness (QED) is 0.681. The highest BCUT2D eigenvalue weighted by atomic mass is 16.6. The molecule has 20 heavy (non-hydrogen) atoms. The first-order valence-corrected chi connectivity index (χ1v) is 6.50. The fourth-order valence-electron chi connectivity index (χ4n) is 1.41. The fourth-order valence-corrected chi connectivity index (χ4v) is 1.41. The summed E-state index contributed by atoms with van der Waals surface area (Å²) in [5, 5.41) is 2.66. The maximum atomic E-state index is 11.4. The Hall–Kier alpha value is -2.15. The SMILES string of the molecule is COc1cccc(C#CCCNC(=O)OC(C)(C)C)c1. The van der Waals surface area contributed by atoms with Gasteiger partial charge >= 0.3 is 6.09 Å². The molecular formula is C16H21NO3. The van der Waals surface area contributed by atoms with E-state index in [1.54, 1.807) is 7.11 Å². The lowest BCUT2D eigenvalue weighted by Crippen LogP contribution is -2.32. The minimum atomic E-state index is -0.476. The summed E-state index contributed by atoms with van der Waals surface area (Å²) in [6, 6.07) is 7.54. The number of hydrogen-bond donors (Lipinski definition) is 1. The molecule has 4 nitrogen and oxygen atoms in total. The van der Waals surface area contributed by atoms with Gasteiger partial charge in [0.1, 0.15) is 11.4 Å². The Bertz CT molecular complexity index is 506. The summed E-state index contributed by atoms with van der Waals surface area (Å²) in [5.74, 6) is 6.80. The van der Waals surface area contributed by atoms with E-state index < -0.39 is 11.7 Å². The summed E-state index contributed by atoms with van der Waals surface area (Å²) in [6.07, 6.45) is 0.150. The molecule has 1 aromatic rings. The second-order valence-corrected chi connectivity index (χ2v) is 5.21. The van der Waals surface area contributed by atoms with Gasteiger partial charge in [0.25, 0.3) is 0 Å². The minimum absolute atomic E-state index is 0.416. The van der Waals surface area contributed by atoms with Crippen LogP contribution in [0.1, 0.15) is 32.8 Å². The van der Waals surface area contributed by atoms with Crippen LogP contribution in [-0.4, -0.2) is 25.3 Å². The third kappa shape index (κ3) is 6.69. The van der Waals surface area contributed by atoms with Crippen molar-refractivity contribution in [2.24, 2.45) is 0 Å². The Labute approximate surface area is 120 Å². The molecule has 0 heterocycles. The molecule has 108 valence electrons. The molecule has 0 atom stereocenters. The number of amides is 1. The van der Waals surface area contributed by atoms with Crippen LogP contribution in [0.5, 0.6) is 5.75 Å². The third-order valence-corrected chi connectivity index (χ3v) is 2.22. The molecule has 1 rings (SSSR count). The molecule has 0 unspecified atom stereocenters.